The standard InChI is InChI=1S/C20H19NO8/c1-20(29)7-3-2-4-8(22)11(7)18(27)13-14(20)15(24)6-5-9(23)12(19(21)28)16(25)10(6)17(13)26/h2-4,6,13-15,22,24-26,29H,5H2,1H3,(H2,21,28)/t6-,13?,14+,15+,20+/m0/s1. The molecule has 0 saturated carbocycles. The quantitative estimate of drug-likeness (QED) is 0.359. The van der Waals surface area contributed by atoms with Crippen molar-refractivity contribution in [3.8, 4) is 5.75 Å². The van der Waals surface area contributed by atoms with Crippen molar-refractivity contribution in [2.24, 2.45) is 23.5 Å². The van der Waals surface area contributed by atoms with E-state index in [1.54, 1.807) is 0 Å². The molecule has 5 atom stereocenters. The molecule has 3 aliphatic carbocycles. The molecule has 0 saturated heterocycles. The Bertz CT molecular complexity index is 1050. The highest BCUT2D eigenvalue weighted by molar-refractivity contribution is 6.20. The third kappa shape index (κ3) is 2.31. The van der Waals surface area contributed by atoms with Gasteiger partial charge in [0.05, 0.1) is 23.2 Å². The molecule has 0 fully saturated rings. The molecule has 29 heavy (non-hydrogen) atoms. The number of fused-ring (bicyclic) bond motifs is 3. The van der Waals surface area contributed by atoms with Gasteiger partial charge in [-0.15, -0.1) is 0 Å². The first-order valence-electron chi connectivity index (χ1n) is 8.96. The average Bonchev–Trinajstić information content (AvgIpc) is 2.61. The monoisotopic (exact) mass is 401 g/mol. The molecule has 0 aliphatic heterocycles. The van der Waals surface area contributed by atoms with Crippen LogP contribution in [0.4, 0.5) is 0 Å². The Morgan fingerprint density at radius 2 is 1.86 bits per heavy atom. The van der Waals surface area contributed by atoms with Crippen molar-refractivity contribution in [3.05, 3.63) is 52.0 Å². The zero-order valence-corrected chi connectivity index (χ0v) is 15.3. The lowest BCUT2D eigenvalue weighted by atomic mass is 9.56. The second-order valence-electron chi connectivity index (χ2n) is 7.83. The zero-order valence-electron chi connectivity index (χ0n) is 15.3. The van der Waals surface area contributed by atoms with E-state index in [-0.39, 0.29) is 16.7 Å². The van der Waals surface area contributed by atoms with Crippen LogP contribution in [0.3, 0.4) is 0 Å². The van der Waals surface area contributed by atoms with E-state index in [9.17, 15) is 39.9 Å². The molecule has 9 nitrogen and oxygen atoms in total. The van der Waals surface area contributed by atoms with Gasteiger partial charge in [-0.25, -0.2) is 0 Å². The molecule has 1 unspecified atom stereocenters. The lowest BCUT2D eigenvalue weighted by molar-refractivity contribution is -0.129. The van der Waals surface area contributed by atoms with Crippen molar-refractivity contribution in [1.82, 2.24) is 0 Å². The van der Waals surface area contributed by atoms with Crippen LogP contribution in [0.5, 0.6) is 5.75 Å². The van der Waals surface area contributed by atoms with E-state index in [0.29, 0.717) is 0 Å². The average molecular weight is 401 g/mol. The fourth-order valence-corrected chi connectivity index (χ4v) is 4.99. The number of primary amides is 1. The first-order valence-corrected chi connectivity index (χ1v) is 8.96. The molecule has 0 aromatic heterocycles. The summed E-state index contributed by atoms with van der Waals surface area (Å²) in [5, 5.41) is 53.8. The Hall–Kier alpha value is -3.17. The fraction of sp³-hybridized carbons (Fsp3) is 0.350. The summed E-state index contributed by atoms with van der Waals surface area (Å²) in [4.78, 5) is 37.0. The second kappa shape index (κ2) is 5.91. The summed E-state index contributed by atoms with van der Waals surface area (Å²) in [5.41, 5.74) is 2.14. The number of rotatable bonds is 1. The van der Waals surface area contributed by atoms with E-state index in [2.05, 4.69) is 0 Å². The number of nitrogens with two attached hydrogens (primary N) is 1. The number of hydrogen-bond acceptors (Lipinski definition) is 8. The maximum atomic E-state index is 13.1. The molecule has 0 spiro atoms. The molecule has 9 heteroatoms. The molecule has 4 rings (SSSR count). The van der Waals surface area contributed by atoms with Crippen LogP contribution in [0.25, 0.3) is 0 Å². The van der Waals surface area contributed by atoms with Gasteiger partial charge in [0.1, 0.15) is 22.8 Å². The number of aromatic hydroxyl groups is 1. The van der Waals surface area contributed by atoms with Gasteiger partial charge < -0.3 is 31.3 Å². The van der Waals surface area contributed by atoms with Crippen molar-refractivity contribution < 1.29 is 39.9 Å². The SMILES string of the molecule is C[C@@]1(O)c2cccc(O)c2C(=O)C2C(O)=C3C(O)=C(C(N)=O)C(=O)C[C@@H]3[C@@H](O)[C@@H]21. The molecule has 3 aliphatic rings. The number of hydrogen-bond donors (Lipinski definition) is 6. The van der Waals surface area contributed by atoms with Crippen LogP contribution < -0.4 is 5.73 Å². The van der Waals surface area contributed by atoms with E-state index >= 15 is 0 Å². The number of benzene rings is 1. The molecule has 0 bridgehead atoms. The van der Waals surface area contributed by atoms with Gasteiger partial charge in [-0.05, 0) is 18.6 Å². The van der Waals surface area contributed by atoms with Crippen molar-refractivity contribution in [2.45, 2.75) is 25.0 Å². The van der Waals surface area contributed by atoms with Gasteiger partial charge in [0, 0.05) is 23.8 Å². The zero-order chi connectivity index (χ0) is 21.4. The van der Waals surface area contributed by atoms with E-state index in [4.69, 9.17) is 5.73 Å². The topological polar surface area (TPSA) is 178 Å². The number of amides is 1. The van der Waals surface area contributed by atoms with Crippen LogP contribution in [0.2, 0.25) is 0 Å². The predicted octanol–water partition coefficient (Wildman–Crippen LogP) is 0.101. The maximum Gasteiger partial charge on any atom is 0.256 e. The van der Waals surface area contributed by atoms with E-state index < -0.39 is 76.2 Å². The third-order valence-electron chi connectivity index (χ3n) is 6.27. The molecule has 1 aromatic carbocycles. The van der Waals surface area contributed by atoms with Gasteiger partial charge in [0.25, 0.3) is 5.91 Å². The highest BCUT2D eigenvalue weighted by atomic mass is 16.3. The molecular weight excluding hydrogens is 382 g/mol. The summed E-state index contributed by atoms with van der Waals surface area (Å²) in [5.74, 6) is -8.64. The Morgan fingerprint density at radius 3 is 2.48 bits per heavy atom. The molecule has 1 aromatic rings. The smallest absolute Gasteiger partial charge is 0.256 e. The number of phenols is 1. The van der Waals surface area contributed by atoms with Crippen molar-refractivity contribution in [3.63, 3.8) is 0 Å². The molecule has 1 amide bonds. The van der Waals surface area contributed by atoms with Crippen molar-refractivity contribution in [1.29, 1.82) is 0 Å². The molecule has 0 heterocycles. The first-order chi connectivity index (χ1) is 13.5. The number of carbonyl (C=O) groups excluding carboxylic acids is 3. The molecule has 152 valence electrons. The summed E-state index contributed by atoms with van der Waals surface area (Å²) < 4.78 is 0. The largest absolute Gasteiger partial charge is 0.511 e. The Balaban J connectivity index is 2.02. The summed E-state index contributed by atoms with van der Waals surface area (Å²) in [6.07, 6.45) is -1.95. The number of aliphatic hydroxyl groups is 4. The highest BCUT2D eigenvalue weighted by Crippen LogP contribution is 2.55. The van der Waals surface area contributed by atoms with Gasteiger partial charge in [-0.2, -0.15) is 0 Å². The highest BCUT2D eigenvalue weighted by Gasteiger charge is 2.60. The lowest BCUT2D eigenvalue weighted by Crippen LogP contribution is -2.57. The lowest BCUT2D eigenvalue weighted by Gasteiger charge is -2.50. The minimum atomic E-state index is -1.85. The number of Topliss-reactive ketones (excluding diaryl/α,β-unsaturated/α-hetero) is 2. The number of allylic oxidation sites excluding steroid dienone is 2. The number of aliphatic hydroxyl groups excluding tert-OH is 3. The van der Waals surface area contributed by atoms with Crippen LogP contribution in [-0.4, -0.2) is 49.1 Å². The normalized spacial score (nSPS) is 33.9. The van der Waals surface area contributed by atoms with E-state index in [1.807, 2.05) is 0 Å². The van der Waals surface area contributed by atoms with Crippen LogP contribution in [0.1, 0.15) is 29.3 Å². The van der Waals surface area contributed by atoms with Crippen molar-refractivity contribution in [2.75, 3.05) is 0 Å². The summed E-state index contributed by atoms with van der Waals surface area (Å²) >= 11 is 0. The number of carbonyl (C=O) groups is 3. The Morgan fingerprint density at radius 1 is 1.21 bits per heavy atom. The fourth-order valence-electron chi connectivity index (χ4n) is 4.99. The number of ketones is 2. The summed E-state index contributed by atoms with van der Waals surface area (Å²) in [6.45, 7) is 1.34. The summed E-state index contributed by atoms with van der Waals surface area (Å²) in [6, 6.07) is 4.12. The minimum absolute atomic E-state index is 0.0822. The molecule has 0 radical (unpaired) electrons. The van der Waals surface area contributed by atoms with Crippen LogP contribution in [-0.2, 0) is 15.2 Å². The summed E-state index contributed by atoms with van der Waals surface area (Å²) in [7, 11) is 0. The Labute approximate surface area is 164 Å². The van der Waals surface area contributed by atoms with Crippen molar-refractivity contribution >= 4 is 17.5 Å². The van der Waals surface area contributed by atoms with E-state index in [0.717, 1.165) is 0 Å². The first kappa shape index (κ1) is 19.2. The maximum absolute atomic E-state index is 13.1. The van der Waals surface area contributed by atoms with Gasteiger partial charge in [0.15, 0.2) is 11.6 Å². The van der Waals surface area contributed by atoms with Gasteiger partial charge in [0.2, 0.25) is 0 Å². The second-order valence-corrected chi connectivity index (χ2v) is 7.83. The minimum Gasteiger partial charge on any atom is -0.511 e. The van der Waals surface area contributed by atoms with Gasteiger partial charge in [-0.3, -0.25) is 14.4 Å². The Kier molecular flexibility index (Phi) is 3.91. The van der Waals surface area contributed by atoms with E-state index in [1.165, 1.54) is 25.1 Å². The molecular formula is C20H19NO8. The third-order valence-corrected chi connectivity index (χ3v) is 6.27. The molecule has 7 N–H and O–H groups in total. The predicted molar refractivity (Wildman–Crippen MR) is 96.6 cm³/mol. The van der Waals surface area contributed by atoms with Gasteiger partial charge >= 0.3 is 0 Å². The van der Waals surface area contributed by atoms with Crippen LogP contribution >= 0.6 is 0 Å². The van der Waals surface area contributed by atoms with Crippen LogP contribution in [0.15, 0.2) is 40.9 Å². The van der Waals surface area contributed by atoms with Crippen LogP contribution in [0, 0.1) is 17.8 Å². The van der Waals surface area contributed by atoms with Gasteiger partial charge in [-0.1, -0.05) is 12.1 Å². The number of phenolic OH excluding ortho intramolecular Hbond substituents is 1.